The second-order valence-electron chi connectivity index (χ2n) is 5.81. The van der Waals surface area contributed by atoms with Crippen molar-refractivity contribution in [2.24, 2.45) is 5.84 Å². The predicted molar refractivity (Wildman–Crippen MR) is 84.5 cm³/mol. The van der Waals surface area contributed by atoms with Gasteiger partial charge in [0.25, 0.3) is 11.8 Å². The van der Waals surface area contributed by atoms with E-state index < -0.39 is 5.91 Å². The first-order chi connectivity index (χ1) is 11.4. The Balaban J connectivity index is 2.00. The Kier molecular flexibility index (Phi) is 2.86. The van der Waals surface area contributed by atoms with Crippen LogP contribution in [0.2, 0.25) is 0 Å². The van der Waals surface area contributed by atoms with Crippen LogP contribution in [0.1, 0.15) is 23.0 Å². The lowest BCUT2D eigenvalue weighted by Gasteiger charge is -2.17. The maximum absolute atomic E-state index is 12.8. The van der Waals surface area contributed by atoms with Crippen LogP contribution in [0.3, 0.4) is 0 Å². The van der Waals surface area contributed by atoms with Gasteiger partial charge in [0.2, 0.25) is 0 Å². The third-order valence-electron chi connectivity index (χ3n) is 4.20. The minimum atomic E-state index is -0.462. The number of hydrazine groups is 1. The van der Waals surface area contributed by atoms with Gasteiger partial charge in [-0.25, -0.2) is 10.9 Å². The number of likely N-dealkylation sites (N-methyl/N-ethyl adjacent to an activating group) is 1. The number of aryl methyl sites for hydroxylation is 2. The molecule has 0 radical (unpaired) electrons. The van der Waals surface area contributed by atoms with E-state index in [9.17, 15) is 9.59 Å². The molecule has 0 saturated carbocycles. The molecule has 7 heteroatoms. The molecule has 4 rings (SSSR count). The molecule has 0 aliphatic carbocycles. The fourth-order valence-electron chi connectivity index (χ4n) is 3.09. The summed E-state index contributed by atoms with van der Waals surface area (Å²) in [4.78, 5) is 26.9. The van der Waals surface area contributed by atoms with Crippen molar-refractivity contribution in [3.8, 4) is 0 Å². The van der Waals surface area contributed by atoms with Gasteiger partial charge in [0, 0.05) is 7.05 Å². The van der Waals surface area contributed by atoms with E-state index in [2.05, 4.69) is 0 Å². The smallest absolute Gasteiger partial charge is 0.275 e. The Bertz CT molecular complexity index is 882. The van der Waals surface area contributed by atoms with Crippen LogP contribution in [0.4, 0.5) is 0 Å². The van der Waals surface area contributed by atoms with E-state index in [0.717, 1.165) is 5.01 Å². The molecular weight excluding hydrogens is 310 g/mol. The van der Waals surface area contributed by atoms with Gasteiger partial charge in [0.1, 0.15) is 22.9 Å². The maximum Gasteiger partial charge on any atom is 0.275 e. The van der Waals surface area contributed by atoms with Gasteiger partial charge in [-0.1, -0.05) is 0 Å². The summed E-state index contributed by atoms with van der Waals surface area (Å²) in [7, 11) is 1.60. The van der Waals surface area contributed by atoms with Gasteiger partial charge in [-0.15, -0.1) is 0 Å². The topological polar surface area (TPSA) is 92.9 Å². The number of carbonyl (C=O) groups is 2. The van der Waals surface area contributed by atoms with Crippen LogP contribution in [-0.4, -0.2) is 28.8 Å². The molecule has 4 heterocycles. The van der Waals surface area contributed by atoms with Crippen molar-refractivity contribution in [3.05, 3.63) is 58.5 Å². The highest BCUT2D eigenvalue weighted by Crippen LogP contribution is 2.45. The number of furan rings is 2. The molecule has 0 spiro atoms. The zero-order valence-electron chi connectivity index (χ0n) is 13.4. The van der Waals surface area contributed by atoms with Crippen molar-refractivity contribution in [1.29, 1.82) is 0 Å². The van der Waals surface area contributed by atoms with Crippen LogP contribution in [0.25, 0.3) is 11.4 Å². The van der Waals surface area contributed by atoms with Crippen LogP contribution >= 0.6 is 0 Å². The van der Waals surface area contributed by atoms with Crippen molar-refractivity contribution in [2.45, 2.75) is 13.8 Å². The number of amides is 2. The lowest BCUT2D eigenvalue weighted by atomic mass is 10.1. The zero-order chi connectivity index (χ0) is 17.2. The number of nitrogens with two attached hydrogens (primary N) is 1. The molecular formula is C17H15N3O4. The highest BCUT2D eigenvalue weighted by atomic mass is 16.3. The monoisotopic (exact) mass is 325 g/mol. The summed E-state index contributed by atoms with van der Waals surface area (Å²) in [6.07, 6.45) is 0. The summed E-state index contributed by atoms with van der Waals surface area (Å²) < 4.78 is 11.2. The van der Waals surface area contributed by atoms with Gasteiger partial charge in [-0.05, 0) is 38.1 Å². The van der Waals surface area contributed by atoms with Crippen LogP contribution in [0.5, 0.6) is 0 Å². The molecule has 0 bridgehead atoms. The van der Waals surface area contributed by atoms with E-state index in [4.69, 9.17) is 14.7 Å². The van der Waals surface area contributed by atoms with E-state index in [1.165, 1.54) is 4.90 Å². The summed E-state index contributed by atoms with van der Waals surface area (Å²) in [6.45, 7) is 3.58. The fraction of sp³-hybridized carbons (Fsp3) is 0.176. The molecule has 2 N–H and O–H groups in total. The number of fused-ring (bicyclic) bond motifs is 1. The first-order valence-corrected chi connectivity index (χ1v) is 7.40. The lowest BCUT2D eigenvalue weighted by molar-refractivity contribution is -0.123. The zero-order valence-corrected chi connectivity index (χ0v) is 13.4. The Morgan fingerprint density at radius 1 is 0.833 bits per heavy atom. The van der Waals surface area contributed by atoms with Crippen molar-refractivity contribution >= 4 is 23.2 Å². The first-order valence-electron chi connectivity index (χ1n) is 7.40. The first kappa shape index (κ1) is 14.5. The SMILES string of the molecule is Cc1ccc(C2=C3C(=O)N(N)C(c4ccc(C)o4)=C3C(=O)N2C)o1. The van der Waals surface area contributed by atoms with E-state index in [0.29, 0.717) is 28.7 Å². The molecule has 2 aliphatic heterocycles. The summed E-state index contributed by atoms with van der Waals surface area (Å²) in [5, 5.41) is 0.962. The molecule has 2 aromatic rings. The highest BCUT2D eigenvalue weighted by molar-refractivity contribution is 6.29. The quantitative estimate of drug-likeness (QED) is 0.671. The molecule has 0 unspecified atom stereocenters. The van der Waals surface area contributed by atoms with Gasteiger partial charge in [0.05, 0.1) is 11.1 Å². The standard InChI is InChI=1S/C17H15N3O4/c1-8-4-6-10(23-8)14-12-13(16(21)19(14)3)15(20(18)17(12)22)11-7-5-9(2)24-11/h4-7H,18H2,1-3H3. The normalized spacial score (nSPS) is 17.7. The van der Waals surface area contributed by atoms with Crippen molar-refractivity contribution in [2.75, 3.05) is 7.05 Å². The van der Waals surface area contributed by atoms with Gasteiger partial charge in [-0.3, -0.25) is 9.59 Å². The van der Waals surface area contributed by atoms with Crippen molar-refractivity contribution in [3.63, 3.8) is 0 Å². The largest absolute Gasteiger partial charge is 0.460 e. The van der Waals surface area contributed by atoms with Crippen molar-refractivity contribution in [1.82, 2.24) is 9.91 Å². The second kappa shape index (κ2) is 4.72. The number of carbonyl (C=O) groups excluding carboxylic acids is 2. The van der Waals surface area contributed by atoms with E-state index in [1.54, 1.807) is 45.2 Å². The van der Waals surface area contributed by atoms with Crippen LogP contribution in [0, 0.1) is 13.8 Å². The molecule has 7 nitrogen and oxygen atoms in total. The number of rotatable bonds is 2. The van der Waals surface area contributed by atoms with Gasteiger partial charge >= 0.3 is 0 Å². The third kappa shape index (κ3) is 1.75. The molecule has 0 fully saturated rings. The summed E-state index contributed by atoms with van der Waals surface area (Å²) >= 11 is 0. The summed E-state index contributed by atoms with van der Waals surface area (Å²) in [5.74, 6) is 7.34. The number of hydrogen-bond donors (Lipinski definition) is 1. The molecule has 122 valence electrons. The van der Waals surface area contributed by atoms with E-state index in [1.807, 2.05) is 0 Å². The minimum absolute atomic E-state index is 0.239. The Morgan fingerprint density at radius 2 is 1.33 bits per heavy atom. The van der Waals surface area contributed by atoms with E-state index in [-0.39, 0.29) is 22.8 Å². The Morgan fingerprint density at radius 3 is 1.83 bits per heavy atom. The lowest BCUT2D eigenvalue weighted by Crippen LogP contribution is -2.33. The van der Waals surface area contributed by atoms with Crippen molar-refractivity contribution < 1.29 is 18.4 Å². The van der Waals surface area contributed by atoms with Gasteiger partial charge in [-0.2, -0.15) is 0 Å². The number of nitrogens with zero attached hydrogens (tertiary/aromatic N) is 2. The predicted octanol–water partition coefficient (Wildman–Crippen LogP) is 1.80. The molecule has 2 aromatic heterocycles. The van der Waals surface area contributed by atoms with E-state index >= 15 is 0 Å². The second-order valence-corrected chi connectivity index (χ2v) is 5.81. The fourth-order valence-corrected chi connectivity index (χ4v) is 3.09. The molecule has 2 aliphatic rings. The highest BCUT2D eigenvalue weighted by Gasteiger charge is 2.48. The van der Waals surface area contributed by atoms with Crippen LogP contribution < -0.4 is 5.84 Å². The molecule has 0 aromatic carbocycles. The third-order valence-corrected chi connectivity index (χ3v) is 4.20. The maximum atomic E-state index is 12.8. The average Bonchev–Trinajstić information content (AvgIpc) is 3.25. The Labute approximate surface area is 137 Å². The molecule has 0 saturated heterocycles. The van der Waals surface area contributed by atoms with Gasteiger partial charge < -0.3 is 13.7 Å². The summed E-state index contributed by atoms with van der Waals surface area (Å²) in [6, 6.07) is 6.95. The number of hydrogen-bond acceptors (Lipinski definition) is 5. The van der Waals surface area contributed by atoms with Crippen LogP contribution in [0.15, 0.2) is 44.2 Å². The molecule has 0 atom stereocenters. The minimum Gasteiger partial charge on any atom is -0.460 e. The average molecular weight is 325 g/mol. The van der Waals surface area contributed by atoms with Crippen LogP contribution in [-0.2, 0) is 9.59 Å². The Hall–Kier alpha value is -3.06. The van der Waals surface area contributed by atoms with Gasteiger partial charge in [0.15, 0.2) is 11.5 Å². The summed E-state index contributed by atoms with van der Waals surface area (Å²) in [5.41, 5.74) is 1.17. The molecule has 2 amide bonds. The molecule has 24 heavy (non-hydrogen) atoms.